The zero-order chi connectivity index (χ0) is 23.1. The Kier molecular flexibility index (Phi) is 5.52. The number of rotatable bonds is 6. The molecule has 0 amide bonds. The lowest BCUT2D eigenvalue weighted by Crippen LogP contribution is -2.46. The average Bonchev–Trinajstić information content (AvgIpc) is 3.35. The molecule has 3 aromatic heterocycles. The highest BCUT2D eigenvalue weighted by Crippen LogP contribution is 2.35. The van der Waals surface area contributed by atoms with Gasteiger partial charge in [-0.2, -0.15) is 4.98 Å². The van der Waals surface area contributed by atoms with Gasteiger partial charge in [-0.1, -0.05) is 11.3 Å². The summed E-state index contributed by atoms with van der Waals surface area (Å²) in [5.74, 6) is -0.240. The second-order valence-corrected chi connectivity index (χ2v) is 8.11. The van der Waals surface area contributed by atoms with Crippen LogP contribution in [0.5, 0.6) is 5.88 Å². The first kappa shape index (κ1) is 21.4. The summed E-state index contributed by atoms with van der Waals surface area (Å²) in [6.45, 7) is 0.513. The molecule has 1 aliphatic heterocycles. The minimum Gasteiger partial charge on any atom is -0.479 e. The summed E-state index contributed by atoms with van der Waals surface area (Å²) in [4.78, 5) is 6.30. The lowest BCUT2D eigenvalue weighted by molar-refractivity contribution is 0.149. The second kappa shape index (κ2) is 8.50. The molecule has 12 heteroatoms. The Morgan fingerprint density at radius 1 is 1.30 bits per heavy atom. The quantitative estimate of drug-likeness (QED) is 0.474. The summed E-state index contributed by atoms with van der Waals surface area (Å²) >= 11 is 0. The first-order valence-electron chi connectivity index (χ1n) is 10.6. The van der Waals surface area contributed by atoms with Crippen LogP contribution in [0.25, 0.3) is 27.7 Å². The number of aromatic nitrogens is 6. The van der Waals surface area contributed by atoms with E-state index in [1.165, 1.54) is 22.5 Å². The Labute approximate surface area is 187 Å². The molecule has 1 aromatic carbocycles. The number of benzene rings is 1. The summed E-state index contributed by atoms with van der Waals surface area (Å²) < 4.78 is 50.7. The lowest BCUT2D eigenvalue weighted by atomic mass is 10.0. The van der Waals surface area contributed by atoms with Crippen molar-refractivity contribution in [3.8, 4) is 17.0 Å². The number of nitrogens with zero attached hydrogens (tertiary/aromatic N) is 7. The fourth-order valence-corrected chi connectivity index (χ4v) is 4.25. The molecule has 174 valence electrons. The van der Waals surface area contributed by atoms with Crippen molar-refractivity contribution >= 4 is 22.5 Å². The number of methoxy groups -OCH3 is 1. The molecule has 4 aromatic rings. The highest BCUT2D eigenvalue weighted by molar-refractivity contribution is 5.89. The third-order valence-electron chi connectivity index (χ3n) is 5.90. The van der Waals surface area contributed by atoms with Crippen LogP contribution in [-0.4, -0.2) is 80.6 Å². The van der Waals surface area contributed by atoms with E-state index >= 15 is 4.39 Å². The molecule has 5 rings (SSSR count). The molecule has 0 bridgehead atoms. The van der Waals surface area contributed by atoms with Crippen molar-refractivity contribution in [2.24, 2.45) is 0 Å². The normalized spacial score (nSPS) is 19.4. The fraction of sp³-hybridized carbons (Fsp3) is 0.429. The van der Waals surface area contributed by atoms with Crippen molar-refractivity contribution in [3.05, 3.63) is 30.2 Å². The van der Waals surface area contributed by atoms with Gasteiger partial charge in [-0.3, -0.25) is 0 Å². The van der Waals surface area contributed by atoms with Crippen LogP contribution in [0.1, 0.15) is 6.42 Å². The third kappa shape index (κ3) is 3.84. The maximum atomic E-state index is 15.1. The van der Waals surface area contributed by atoms with Crippen molar-refractivity contribution < 1.29 is 17.9 Å². The fourth-order valence-electron chi connectivity index (χ4n) is 4.25. The third-order valence-corrected chi connectivity index (χ3v) is 5.90. The summed E-state index contributed by atoms with van der Waals surface area (Å²) in [5.41, 5.74) is 2.23. The van der Waals surface area contributed by atoms with E-state index in [4.69, 9.17) is 4.74 Å². The Morgan fingerprint density at radius 3 is 2.91 bits per heavy atom. The number of nitrogens with one attached hydrogen (secondary N) is 1. The van der Waals surface area contributed by atoms with Crippen LogP contribution in [-0.2, 0) is 6.54 Å². The number of anilines is 1. The van der Waals surface area contributed by atoms with Gasteiger partial charge in [-0.15, -0.1) is 10.2 Å². The van der Waals surface area contributed by atoms with Crippen LogP contribution in [0.2, 0.25) is 0 Å². The van der Waals surface area contributed by atoms with Crippen LogP contribution in [0.4, 0.5) is 19.1 Å². The average molecular weight is 460 g/mol. The molecule has 4 heterocycles. The topological polar surface area (TPSA) is 85.4 Å². The molecule has 33 heavy (non-hydrogen) atoms. The van der Waals surface area contributed by atoms with Crippen LogP contribution in [0, 0.1) is 5.82 Å². The van der Waals surface area contributed by atoms with Crippen molar-refractivity contribution in [2.75, 3.05) is 39.2 Å². The van der Waals surface area contributed by atoms with Gasteiger partial charge in [0.05, 0.1) is 37.0 Å². The van der Waals surface area contributed by atoms with Crippen LogP contribution in [0.3, 0.4) is 0 Å². The Hall–Kier alpha value is -3.41. The van der Waals surface area contributed by atoms with Crippen molar-refractivity contribution in [2.45, 2.75) is 25.2 Å². The van der Waals surface area contributed by atoms with E-state index in [0.29, 0.717) is 35.1 Å². The number of alkyl halides is 2. The zero-order valence-corrected chi connectivity index (χ0v) is 18.2. The predicted octanol–water partition coefficient (Wildman–Crippen LogP) is 2.71. The number of aryl methyl sites for hydroxylation is 1. The molecule has 1 N–H and O–H groups in total. The smallest absolute Gasteiger partial charge is 0.244 e. The van der Waals surface area contributed by atoms with Crippen molar-refractivity contribution in [1.29, 1.82) is 0 Å². The van der Waals surface area contributed by atoms with E-state index in [9.17, 15) is 8.78 Å². The van der Waals surface area contributed by atoms with E-state index < -0.39 is 24.7 Å². The van der Waals surface area contributed by atoms with Gasteiger partial charge in [0.15, 0.2) is 5.82 Å². The lowest BCUT2D eigenvalue weighted by Gasteiger charge is -2.32. The number of likely N-dealkylation sites (tertiary alicyclic amines) is 1. The van der Waals surface area contributed by atoms with Gasteiger partial charge in [0, 0.05) is 13.1 Å². The predicted molar refractivity (Wildman–Crippen MR) is 116 cm³/mol. The molecule has 2 atom stereocenters. The summed E-state index contributed by atoms with van der Waals surface area (Å²) in [5, 5.41) is 15.3. The molecule has 0 saturated carbocycles. The van der Waals surface area contributed by atoms with Gasteiger partial charge in [0.2, 0.25) is 11.8 Å². The van der Waals surface area contributed by atoms with Gasteiger partial charge in [0.1, 0.15) is 23.9 Å². The Balaban J connectivity index is 1.56. The van der Waals surface area contributed by atoms with Crippen molar-refractivity contribution in [3.63, 3.8) is 0 Å². The van der Waals surface area contributed by atoms with Gasteiger partial charge >= 0.3 is 0 Å². The van der Waals surface area contributed by atoms with Gasteiger partial charge < -0.3 is 15.0 Å². The summed E-state index contributed by atoms with van der Waals surface area (Å²) in [6.07, 6.45) is 0.733. The van der Waals surface area contributed by atoms with E-state index in [0.717, 1.165) is 6.54 Å². The minimum atomic E-state index is -1.08. The number of halogens is 3. The summed E-state index contributed by atoms with van der Waals surface area (Å²) in [7, 11) is 3.30. The maximum Gasteiger partial charge on any atom is 0.244 e. The van der Waals surface area contributed by atoms with E-state index in [1.807, 2.05) is 11.9 Å². The van der Waals surface area contributed by atoms with E-state index in [-0.39, 0.29) is 23.9 Å². The highest BCUT2D eigenvalue weighted by atomic mass is 19.1. The molecular formula is C21H23F3N8O. The molecule has 0 spiro atoms. The molecule has 1 aliphatic rings. The van der Waals surface area contributed by atoms with Crippen LogP contribution in [0.15, 0.2) is 24.4 Å². The SMILES string of the molecule is COc1nc(N[C@@H]2CCN(C)C[C@@H]2F)nn2cc(F)c(-c3ccc4nnn(CCF)c4c3)c12. The largest absolute Gasteiger partial charge is 0.479 e. The van der Waals surface area contributed by atoms with Crippen molar-refractivity contribution in [1.82, 2.24) is 34.5 Å². The monoisotopic (exact) mass is 460 g/mol. The number of piperidine rings is 1. The Bertz CT molecular complexity index is 1310. The second-order valence-electron chi connectivity index (χ2n) is 8.11. The molecule has 1 saturated heterocycles. The maximum absolute atomic E-state index is 15.1. The van der Waals surface area contributed by atoms with E-state index in [1.54, 1.807) is 18.2 Å². The van der Waals surface area contributed by atoms with Gasteiger partial charge in [-0.05, 0) is 31.2 Å². The molecule has 1 fully saturated rings. The zero-order valence-electron chi connectivity index (χ0n) is 18.2. The molecule has 0 radical (unpaired) electrons. The first-order valence-corrected chi connectivity index (χ1v) is 10.6. The number of ether oxygens (including phenoxy) is 1. The minimum absolute atomic E-state index is 0.0485. The Morgan fingerprint density at radius 2 is 2.15 bits per heavy atom. The number of fused-ring (bicyclic) bond motifs is 2. The molecular weight excluding hydrogens is 437 g/mol. The van der Waals surface area contributed by atoms with Gasteiger partial charge in [-0.25, -0.2) is 22.4 Å². The molecule has 0 unspecified atom stereocenters. The number of hydrogen-bond acceptors (Lipinski definition) is 7. The summed E-state index contributed by atoms with van der Waals surface area (Å²) in [6, 6.07) is 4.64. The molecule has 9 nitrogen and oxygen atoms in total. The number of hydrogen-bond donors (Lipinski definition) is 1. The van der Waals surface area contributed by atoms with Crippen LogP contribution >= 0.6 is 0 Å². The molecule has 0 aliphatic carbocycles. The highest BCUT2D eigenvalue weighted by Gasteiger charge is 2.29. The first-order chi connectivity index (χ1) is 16.0. The van der Waals surface area contributed by atoms with Gasteiger partial charge in [0.25, 0.3) is 0 Å². The van der Waals surface area contributed by atoms with Crippen LogP contribution < -0.4 is 10.1 Å². The van der Waals surface area contributed by atoms with E-state index in [2.05, 4.69) is 25.7 Å². The standard InChI is InChI=1S/C21H23F3N8O/c1-30-7-5-15(13(23)10-30)25-21-26-20(33-2)19-18(14(24)11-32(19)28-21)12-3-4-16-17(9-12)31(8-6-22)29-27-16/h3-4,9,11,13,15H,5-8,10H2,1-2H3,(H,25,28)/t13-,15+/m0/s1.